The maximum atomic E-state index is 13.5. The van der Waals surface area contributed by atoms with Crippen LogP contribution in [-0.4, -0.2) is 69.4 Å². The molecule has 0 atom stereocenters. The highest BCUT2D eigenvalue weighted by Crippen LogP contribution is 2.37. The van der Waals surface area contributed by atoms with Gasteiger partial charge in [0.05, 0.1) is 32.1 Å². The number of methoxy groups -OCH3 is 2. The highest BCUT2D eigenvalue weighted by atomic mass is 35.5. The number of aryl methyl sites for hydroxylation is 1. The van der Waals surface area contributed by atoms with E-state index in [9.17, 15) is 4.79 Å². The van der Waals surface area contributed by atoms with Crippen LogP contribution in [0.5, 0.6) is 11.5 Å². The van der Waals surface area contributed by atoms with E-state index in [1.165, 1.54) is 11.3 Å². The Morgan fingerprint density at radius 1 is 1.12 bits per heavy atom. The van der Waals surface area contributed by atoms with Crippen molar-refractivity contribution in [3.63, 3.8) is 0 Å². The van der Waals surface area contributed by atoms with E-state index in [4.69, 9.17) is 19.2 Å². The quantitative estimate of drug-likeness (QED) is 0.465. The first-order valence-corrected chi connectivity index (χ1v) is 11.6. The van der Waals surface area contributed by atoms with Crippen LogP contribution in [0.3, 0.4) is 0 Å². The number of anilines is 1. The molecule has 2 heterocycles. The van der Waals surface area contributed by atoms with Gasteiger partial charge in [0, 0.05) is 31.7 Å². The molecule has 0 bridgehead atoms. The van der Waals surface area contributed by atoms with Crippen LogP contribution in [0.1, 0.15) is 22.3 Å². The smallest absolute Gasteiger partial charge is 0.260 e. The van der Waals surface area contributed by atoms with Crippen LogP contribution in [0.15, 0.2) is 36.4 Å². The van der Waals surface area contributed by atoms with Crippen molar-refractivity contribution < 1.29 is 19.0 Å². The first-order chi connectivity index (χ1) is 15.6. The van der Waals surface area contributed by atoms with E-state index in [1.54, 1.807) is 31.3 Å². The maximum absolute atomic E-state index is 13.5. The van der Waals surface area contributed by atoms with E-state index in [0.29, 0.717) is 17.2 Å². The molecule has 178 valence electrons. The van der Waals surface area contributed by atoms with Crippen molar-refractivity contribution >= 4 is 45.0 Å². The summed E-state index contributed by atoms with van der Waals surface area (Å²) in [7, 11) is 3.26. The monoisotopic (exact) mass is 491 g/mol. The van der Waals surface area contributed by atoms with E-state index in [-0.39, 0.29) is 18.3 Å². The number of aromatic nitrogens is 1. The number of hydrogen-bond donors (Lipinski definition) is 0. The summed E-state index contributed by atoms with van der Waals surface area (Å²) in [5, 5.41) is 0.690. The van der Waals surface area contributed by atoms with E-state index >= 15 is 0 Å². The van der Waals surface area contributed by atoms with Gasteiger partial charge < -0.3 is 14.2 Å². The van der Waals surface area contributed by atoms with Crippen molar-refractivity contribution in [3.05, 3.63) is 47.5 Å². The summed E-state index contributed by atoms with van der Waals surface area (Å²) in [5.74, 6) is 1.38. The highest BCUT2D eigenvalue weighted by molar-refractivity contribution is 7.22. The zero-order valence-corrected chi connectivity index (χ0v) is 20.8. The molecular formula is C24H30ClN3O4S. The molecule has 2 aromatic carbocycles. The van der Waals surface area contributed by atoms with Crippen molar-refractivity contribution in [2.45, 2.75) is 13.3 Å². The van der Waals surface area contributed by atoms with Gasteiger partial charge in [-0.2, -0.15) is 0 Å². The van der Waals surface area contributed by atoms with Crippen molar-refractivity contribution in [1.29, 1.82) is 0 Å². The molecule has 1 amide bonds. The lowest BCUT2D eigenvalue weighted by atomic mass is 10.2. The van der Waals surface area contributed by atoms with Crippen LogP contribution in [0.2, 0.25) is 0 Å². The zero-order valence-electron chi connectivity index (χ0n) is 19.2. The van der Waals surface area contributed by atoms with Crippen molar-refractivity contribution in [3.8, 4) is 11.5 Å². The molecule has 1 saturated heterocycles. The van der Waals surface area contributed by atoms with Gasteiger partial charge in [0.2, 0.25) is 0 Å². The summed E-state index contributed by atoms with van der Waals surface area (Å²) in [6.45, 7) is 6.97. The number of benzene rings is 2. The number of fused-ring (bicyclic) bond motifs is 1. The average Bonchev–Trinajstić information content (AvgIpc) is 3.28. The summed E-state index contributed by atoms with van der Waals surface area (Å²) in [5.41, 5.74) is 2.53. The van der Waals surface area contributed by atoms with Crippen LogP contribution in [0.4, 0.5) is 5.13 Å². The van der Waals surface area contributed by atoms with Crippen molar-refractivity contribution in [2.75, 3.05) is 58.5 Å². The van der Waals surface area contributed by atoms with Crippen molar-refractivity contribution in [2.24, 2.45) is 0 Å². The van der Waals surface area contributed by atoms with Crippen LogP contribution < -0.4 is 14.4 Å². The van der Waals surface area contributed by atoms with Crippen LogP contribution in [0, 0.1) is 6.92 Å². The van der Waals surface area contributed by atoms with Gasteiger partial charge in [-0.05, 0) is 49.2 Å². The third kappa shape index (κ3) is 5.76. The molecule has 1 fully saturated rings. The predicted octanol–water partition coefficient (Wildman–Crippen LogP) is 4.41. The minimum atomic E-state index is -0.0645. The van der Waals surface area contributed by atoms with Gasteiger partial charge in [-0.15, -0.1) is 12.4 Å². The molecule has 0 radical (unpaired) electrons. The molecule has 1 aliphatic rings. The molecule has 7 nitrogen and oxygen atoms in total. The highest BCUT2D eigenvalue weighted by Gasteiger charge is 2.23. The van der Waals surface area contributed by atoms with Crippen molar-refractivity contribution in [1.82, 2.24) is 9.88 Å². The first kappa shape index (κ1) is 25.2. The zero-order chi connectivity index (χ0) is 22.5. The van der Waals surface area contributed by atoms with Gasteiger partial charge >= 0.3 is 0 Å². The van der Waals surface area contributed by atoms with Gasteiger partial charge in [0.15, 0.2) is 5.13 Å². The SMILES string of the molecule is COc1ccc(C(=O)N(CCCN2CCOCC2)c2nc3c(OC)ccc(C)c3s2)cc1.Cl. The van der Waals surface area contributed by atoms with Gasteiger partial charge in [-0.3, -0.25) is 14.6 Å². The molecule has 0 N–H and O–H groups in total. The Morgan fingerprint density at radius 2 is 1.85 bits per heavy atom. The van der Waals surface area contributed by atoms with E-state index < -0.39 is 0 Å². The number of halogens is 1. The minimum Gasteiger partial charge on any atom is -0.497 e. The van der Waals surface area contributed by atoms with Gasteiger partial charge in [0.25, 0.3) is 5.91 Å². The number of carbonyl (C=O) groups is 1. The molecule has 4 rings (SSSR count). The largest absolute Gasteiger partial charge is 0.497 e. The van der Waals surface area contributed by atoms with Crippen LogP contribution in [-0.2, 0) is 4.74 Å². The fraction of sp³-hybridized carbons (Fsp3) is 0.417. The third-order valence-corrected chi connectivity index (χ3v) is 6.90. The molecule has 0 spiro atoms. The summed E-state index contributed by atoms with van der Waals surface area (Å²) >= 11 is 1.53. The summed E-state index contributed by atoms with van der Waals surface area (Å²) in [4.78, 5) is 22.5. The van der Waals surface area contributed by atoms with Gasteiger partial charge in [-0.1, -0.05) is 17.4 Å². The fourth-order valence-corrected chi connectivity index (χ4v) is 4.91. The van der Waals surface area contributed by atoms with Crippen LogP contribution >= 0.6 is 23.7 Å². The number of ether oxygens (including phenoxy) is 3. The number of carbonyl (C=O) groups excluding carboxylic acids is 1. The Bertz CT molecular complexity index is 1070. The lowest BCUT2D eigenvalue weighted by Gasteiger charge is -2.27. The molecule has 1 aliphatic heterocycles. The molecule has 3 aromatic rings. The molecule has 0 aliphatic carbocycles. The molecule has 0 saturated carbocycles. The Labute approximate surface area is 204 Å². The predicted molar refractivity (Wildman–Crippen MR) is 135 cm³/mol. The molecule has 9 heteroatoms. The normalized spacial score (nSPS) is 14.0. The second-order valence-corrected chi connectivity index (χ2v) is 8.73. The van der Waals surface area contributed by atoms with Gasteiger partial charge in [0.1, 0.15) is 17.0 Å². The number of thiazole rings is 1. The number of rotatable bonds is 8. The first-order valence-electron chi connectivity index (χ1n) is 10.8. The minimum absolute atomic E-state index is 0. The average molecular weight is 492 g/mol. The lowest BCUT2D eigenvalue weighted by molar-refractivity contribution is 0.0376. The third-order valence-electron chi connectivity index (χ3n) is 5.68. The van der Waals surface area contributed by atoms with Crippen LogP contribution in [0.25, 0.3) is 10.2 Å². The Morgan fingerprint density at radius 3 is 2.52 bits per heavy atom. The van der Waals surface area contributed by atoms with E-state index in [2.05, 4.69) is 11.8 Å². The second-order valence-electron chi connectivity index (χ2n) is 7.75. The van der Waals surface area contributed by atoms with E-state index in [1.807, 2.05) is 24.3 Å². The number of amides is 1. The summed E-state index contributed by atoms with van der Waals surface area (Å²) in [6, 6.07) is 11.2. The van der Waals surface area contributed by atoms with E-state index in [0.717, 1.165) is 66.5 Å². The molecular weight excluding hydrogens is 462 g/mol. The lowest BCUT2D eigenvalue weighted by Crippen LogP contribution is -2.39. The number of nitrogens with zero attached hydrogens (tertiary/aromatic N) is 3. The Hall–Kier alpha value is -2.39. The fourth-order valence-electron chi connectivity index (χ4n) is 3.83. The molecule has 1 aromatic heterocycles. The topological polar surface area (TPSA) is 64.1 Å². The number of hydrogen-bond acceptors (Lipinski definition) is 7. The Kier molecular flexibility index (Phi) is 8.91. The second kappa shape index (κ2) is 11.7. The number of morpholine rings is 1. The summed E-state index contributed by atoms with van der Waals surface area (Å²) in [6.07, 6.45) is 0.855. The standard InChI is InChI=1S/C24H29N3O4S.ClH/c1-17-5-10-20(30-3)21-22(17)32-24(25-21)27(12-4-11-26-13-15-31-16-14-26)23(28)18-6-8-19(29-2)9-7-18;/h5-10H,4,11-16H2,1-3H3;1H. The maximum Gasteiger partial charge on any atom is 0.260 e. The molecule has 0 unspecified atom stereocenters. The molecule has 33 heavy (non-hydrogen) atoms. The Balaban J connectivity index is 0.00000306. The van der Waals surface area contributed by atoms with Gasteiger partial charge in [-0.25, -0.2) is 4.98 Å². The summed E-state index contributed by atoms with van der Waals surface area (Å²) < 4.78 is 17.2.